The normalized spacial score (nSPS) is 9.56. The Balaban J connectivity index is 3.08. The minimum Gasteiger partial charge on any atom is -0.143 e. The molecule has 1 aromatic heterocycles. The van der Waals surface area contributed by atoms with Gasteiger partial charge in [0.25, 0.3) is 0 Å². The Labute approximate surface area is 62.3 Å². The van der Waals surface area contributed by atoms with Crippen molar-refractivity contribution in [1.29, 1.82) is 0 Å². The van der Waals surface area contributed by atoms with Crippen LogP contribution in [-0.2, 0) is 0 Å². The zero-order chi connectivity index (χ0) is 6.85. The molecular formula is C5H5ClN2S. The molecule has 0 saturated heterocycles. The van der Waals surface area contributed by atoms with Crippen LogP contribution in [0.4, 0.5) is 0 Å². The molecule has 1 rings (SSSR count). The summed E-state index contributed by atoms with van der Waals surface area (Å²) in [6, 6.07) is 0. The number of hydrogen-bond acceptors (Lipinski definition) is 3. The molecule has 1 heterocycles. The zero-order valence-electron chi connectivity index (χ0n) is 4.89. The number of rotatable bonds is 1. The molecule has 48 valence electrons. The van der Waals surface area contributed by atoms with Crippen LogP contribution in [0.5, 0.6) is 0 Å². The molecule has 0 aliphatic carbocycles. The average Bonchev–Trinajstić information content (AvgIpc) is 2.13. The van der Waals surface area contributed by atoms with E-state index in [-0.39, 0.29) is 0 Å². The Kier molecular flexibility index (Phi) is 1.83. The van der Waals surface area contributed by atoms with Gasteiger partial charge in [0.2, 0.25) is 0 Å². The van der Waals surface area contributed by atoms with Crippen molar-refractivity contribution in [3.8, 4) is 0 Å². The molecule has 1 aromatic rings. The molecule has 0 atom stereocenters. The summed E-state index contributed by atoms with van der Waals surface area (Å²) in [5, 5.41) is 4.28. The van der Waals surface area contributed by atoms with E-state index in [2.05, 4.69) is 16.2 Å². The van der Waals surface area contributed by atoms with E-state index in [0.29, 0.717) is 5.03 Å². The lowest BCUT2D eigenvalue weighted by Gasteiger charge is -1.86. The van der Waals surface area contributed by atoms with Crippen LogP contribution >= 0.6 is 23.1 Å². The van der Waals surface area contributed by atoms with Gasteiger partial charge in [0.05, 0.1) is 15.6 Å². The molecule has 0 radical (unpaired) electrons. The Bertz CT molecular complexity index is 231. The summed E-state index contributed by atoms with van der Waals surface area (Å²) in [6.45, 7) is 5.41. The van der Waals surface area contributed by atoms with Gasteiger partial charge in [-0.05, 0) is 18.5 Å². The maximum Gasteiger partial charge on any atom is 0.0890 e. The Morgan fingerprint density at radius 3 is 2.67 bits per heavy atom. The SMILES string of the molecule is C=C(Cl)c1snnc1C. The maximum atomic E-state index is 5.59. The van der Waals surface area contributed by atoms with Crippen molar-refractivity contribution in [3.63, 3.8) is 0 Å². The van der Waals surface area contributed by atoms with Gasteiger partial charge in [-0.3, -0.25) is 0 Å². The highest BCUT2D eigenvalue weighted by molar-refractivity contribution is 7.07. The lowest BCUT2D eigenvalue weighted by molar-refractivity contribution is 1.09. The first kappa shape index (κ1) is 6.71. The number of hydrogen-bond donors (Lipinski definition) is 0. The average molecular weight is 161 g/mol. The Morgan fingerprint density at radius 2 is 2.44 bits per heavy atom. The first-order valence-electron chi connectivity index (χ1n) is 2.35. The van der Waals surface area contributed by atoms with Gasteiger partial charge in [-0.25, -0.2) is 0 Å². The lowest BCUT2D eigenvalue weighted by Crippen LogP contribution is -1.74. The molecule has 0 bridgehead atoms. The summed E-state index contributed by atoms with van der Waals surface area (Å²) in [7, 11) is 0. The van der Waals surface area contributed by atoms with E-state index in [9.17, 15) is 0 Å². The first-order chi connectivity index (χ1) is 4.22. The van der Waals surface area contributed by atoms with Crippen molar-refractivity contribution in [2.45, 2.75) is 6.92 Å². The third-order valence-corrected chi connectivity index (χ3v) is 2.09. The van der Waals surface area contributed by atoms with E-state index in [0.717, 1.165) is 10.6 Å². The van der Waals surface area contributed by atoms with Gasteiger partial charge in [-0.2, -0.15) is 0 Å². The molecule has 0 aliphatic heterocycles. The summed E-state index contributed by atoms with van der Waals surface area (Å²) < 4.78 is 3.69. The first-order valence-corrected chi connectivity index (χ1v) is 3.50. The molecule has 0 unspecified atom stereocenters. The van der Waals surface area contributed by atoms with Gasteiger partial charge in [0, 0.05) is 0 Å². The molecule has 0 aliphatic rings. The Morgan fingerprint density at radius 1 is 1.78 bits per heavy atom. The summed E-state index contributed by atoms with van der Waals surface area (Å²) in [5.74, 6) is 0. The number of aromatic nitrogens is 2. The second kappa shape index (κ2) is 2.45. The van der Waals surface area contributed by atoms with Gasteiger partial charge in [-0.15, -0.1) is 5.10 Å². The van der Waals surface area contributed by atoms with E-state index in [1.807, 2.05) is 6.92 Å². The van der Waals surface area contributed by atoms with Crippen molar-refractivity contribution < 1.29 is 0 Å². The van der Waals surface area contributed by atoms with Crippen molar-refractivity contribution in [3.05, 3.63) is 17.2 Å². The van der Waals surface area contributed by atoms with Gasteiger partial charge >= 0.3 is 0 Å². The van der Waals surface area contributed by atoms with Crippen molar-refractivity contribution in [2.24, 2.45) is 0 Å². The van der Waals surface area contributed by atoms with Crippen LogP contribution in [-0.4, -0.2) is 9.59 Å². The lowest BCUT2D eigenvalue weighted by atomic mass is 10.4. The highest BCUT2D eigenvalue weighted by atomic mass is 35.5. The van der Waals surface area contributed by atoms with Gasteiger partial charge in [-0.1, -0.05) is 22.7 Å². The van der Waals surface area contributed by atoms with E-state index >= 15 is 0 Å². The minimum atomic E-state index is 0.516. The van der Waals surface area contributed by atoms with Crippen LogP contribution < -0.4 is 0 Å². The number of aryl methyl sites for hydroxylation is 1. The van der Waals surface area contributed by atoms with Crippen LogP contribution in [0.1, 0.15) is 10.6 Å². The second-order valence-electron chi connectivity index (χ2n) is 1.59. The zero-order valence-corrected chi connectivity index (χ0v) is 6.46. The van der Waals surface area contributed by atoms with Crippen LogP contribution in [0.25, 0.3) is 5.03 Å². The largest absolute Gasteiger partial charge is 0.143 e. The highest BCUT2D eigenvalue weighted by Crippen LogP contribution is 2.21. The molecule has 2 nitrogen and oxygen atoms in total. The van der Waals surface area contributed by atoms with Crippen molar-refractivity contribution in [1.82, 2.24) is 9.59 Å². The van der Waals surface area contributed by atoms with Crippen LogP contribution in [0.3, 0.4) is 0 Å². The third-order valence-electron chi connectivity index (χ3n) is 0.898. The number of halogens is 1. The second-order valence-corrected chi connectivity index (χ2v) is 2.80. The predicted molar refractivity (Wildman–Crippen MR) is 39.5 cm³/mol. The smallest absolute Gasteiger partial charge is 0.0890 e. The Hall–Kier alpha value is -0.410. The van der Waals surface area contributed by atoms with Crippen molar-refractivity contribution in [2.75, 3.05) is 0 Å². The fourth-order valence-corrected chi connectivity index (χ4v) is 1.24. The quantitative estimate of drug-likeness (QED) is 0.629. The fourth-order valence-electron chi connectivity index (χ4n) is 0.480. The van der Waals surface area contributed by atoms with Gasteiger partial charge in [0.1, 0.15) is 0 Å². The standard InChI is InChI=1S/C5H5ClN2S/c1-3(6)5-4(2)7-8-9-5/h1H2,2H3. The summed E-state index contributed by atoms with van der Waals surface area (Å²) >= 11 is 6.85. The molecule has 0 fully saturated rings. The highest BCUT2D eigenvalue weighted by Gasteiger charge is 2.02. The van der Waals surface area contributed by atoms with Gasteiger partial charge in [0.15, 0.2) is 0 Å². The minimum absolute atomic E-state index is 0.516. The monoisotopic (exact) mass is 160 g/mol. The predicted octanol–water partition coefficient (Wildman–Crippen LogP) is 2.06. The summed E-state index contributed by atoms with van der Waals surface area (Å²) in [6.07, 6.45) is 0. The fraction of sp³-hybridized carbons (Fsp3) is 0.200. The topological polar surface area (TPSA) is 25.8 Å². The molecule has 0 spiro atoms. The summed E-state index contributed by atoms with van der Waals surface area (Å²) in [4.78, 5) is 0.872. The molecule has 0 aromatic carbocycles. The number of nitrogens with zero attached hydrogens (tertiary/aromatic N) is 2. The van der Waals surface area contributed by atoms with Crippen LogP contribution in [0, 0.1) is 6.92 Å². The van der Waals surface area contributed by atoms with Crippen molar-refractivity contribution >= 4 is 28.2 Å². The molecule has 0 saturated carbocycles. The molecule has 9 heavy (non-hydrogen) atoms. The van der Waals surface area contributed by atoms with E-state index in [4.69, 9.17) is 11.6 Å². The maximum absolute atomic E-state index is 5.59. The molecule has 0 N–H and O–H groups in total. The van der Waals surface area contributed by atoms with E-state index in [1.165, 1.54) is 11.5 Å². The molecule has 4 heteroatoms. The molecule has 0 amide bonds. The third kappa shape index (κ3) is 1.28. The van der Waals surface area contributed by atoms with E-state index in [1.54, 1.807) is 0 Å². The van der Waals surface area contributed by atoms with Crippen LogP contribution in [0.2, 0.25) is 0 Å². The summed E-state index contributed by atoms with van der Waals surface area (Å²) in [5.41, 5.74) is 0.847. The van der Waals surface area contributed by atoms with E-state index < -0.39 is 0 Å². The van der Waals surface area contributed by atoms with Gasteiger partial charge < -0.3 is 0 Å². The van der Waals surface area contributed by atoms with Crippen LogP contribution in [0.15, 0.2) is 6.58 Å². The molecular weight excluding hydrogens is 156 g/mol.